The number of H-pyrrole nitrogens is 1. The topological polar surface area (TPSA) is 66.0 Å². The maximum atomic E-state index is 13.2. The highest BCUT2D eigenvalue weighted by Gasteiger charge is 2.04. The largest absolute Gasteiger partial charge is 0.478 e. The summed E-state index contributed by atoms with van der Waals surface area (Å²) in [6.07, 6.45) is 5.76. The molecule has 0 saturated carbocycles. The lowest BCUT2D eigenvalue weighted by atomic mass is 10.1. The van der Waals surface area contributed by atoms with Gasteiger partial charge in [0.25, 0.3) is 0 Å². The molecule has 0 atom stereocenters. The van der Waals surface area contributed by atoms with E-state index in [0.29, 0.717) is 11.3 Å². The van der Waals surface area contributed by atoms with Crippen molar-refractivity contribution in [3.63, 3.8) is 0 Å². The van der Waals surface area contributed by atoms with Crippen LogP contribution >= 0.6 is 11.8 Å². The van der Waals surface area contributed by atoms with Crippen molar-refractivity contribution in [2.24, 2.45) is 0 Å². The number of carboxylic acid groups (broad SMARTS) is 1. The number of halogens is 1. The highest BCUT2D eigenvalue weighted by Crippen LogP contribution is 2.23. The zero-order valence-corrected chi connectivity index (χ0v) is 10.7. The van der Waals surface area contributed by atoms with Crippen LogP contribution in [0.25, 0.3) is 6.08 Å². The molecule has 0 radical (unpaired) electrons. The van der Waals surface area contributed by atoms with E-state index in [1.807, 2.05) is 0 Å². The molecule has 4 nitrogen and oxygen atoms in total. The Morgan fingerprint density at radius 3 is 3.05 bits per heavy atom. The number of nitrogens with one attached hydrogen (secondary N) is 1. The molecular weight excluding hydrogens is 267 g/mol. The van der Waals surface area contributed by atoms with Crippen LogP contribution in [0, 0.1) is 5.82 Å². The molecule has 0 spiro atoms. The van der Waals surface area contributed by atoms with E-state index in [2.05, 4.69) is 9.97 Å². The standard InChI is InChI=1S/C13H11FN2O2S/c14-11-3-1-10(8-19-13-15-5-6-16-13)9(7-11)2-4-12(17)18/h1-7H,8H2,(H,15,16)(H,17,18)/b4-2+. The Labute approximate surface area is 113 Å². The maximum absolute atomic E-state index is 13.2. The number of hydrogen-bond donors (Lipinski definition) is 2. The van der Waals surface area contributed by atoms with Gasteiger partial charge in [0, 0.05) is 24.2 Å². The first-order chi connectivity index (χ1) is 9.15. The van der Waals surface area contributed by atoms with Gasteiger partial charge < -0.3 is 10.1 Å². The summed E-state index contributed by atoms with van der Waals surface area (Å²) in [7, 11) is 0. The molecule has 0 unspecified atom stereocenters. The summed E-state index contributed by atoms with van der Waals surface area (Å²) in [5.41, 5.74) is 1.40. The van der Waals surface area contributed by atoms with Gasteiger partial charge in [-0.1, -0.05) is 17.8 Å². The molecule has 1 aromatic heterocycles. The van der Waals surface area contributed by atoms with E-state index in [-0.39, 0.29) is 0 Å². The average Bonchev–Trinajstić information content (AvgIpc) is 2.88. The van der Waals surface area contributed by atoms with Gasteiger partial charge in [-0.2, -0.15) is 0 Å². The van der Waals surface area contributed by atoms with Gasteiger partial charge in [-0.25, -0.2) is 14.2 Å². The summed E-state index contributed by atoms with van der Waals surface area (Å²) in [6, 6.07) is 4.32. The molecule has 2 N–H and O–H groups in total. The van der Waals surface area contributed by atoms with Gasteiger partial charge in [-0.05, 0) is 29.3 Å². The molecule has 19 heavy (non-hydrogen) atoms. The molecule has 6 heteroatoms. The van der Waals surface area contributed by atoms with Crippen molar-refractivity contribution >= 4 is 23.8 Å². The second-order valence-corrected chi connectivity index (χ2v) is 4.66. The number of rotatable bonds is 5. The molecule has 0 aliphatic rings. The molecule has 98 valence electrons. The molecule has 1 aromatic carbocycles. The zero-order valence-electron chi connectivity index (χ0n) is 9.84. The number of nitrogens with zero attached hydrogens (tertiary/aromatic N) is 1. The number of carboxylic acids is 1. The number of aromatic amines is 1. The Morgan fingerprint density at radius 1 is 1.53 bits per heavy atom. The van der Waals surface area contributed by atoms with E-state index in [0.717, 1.165) is 16.8 Å². The van der Waals surface area contributed by atoms with Crippen molar-refractivity contribution in [3.05, 3.63) is 53.6 Å². The van der Waals surface area contributed by atoms with E-state index in [1.54, 1.807) is 18.5 Å². The highest BCUT2D eigenvalue weighted by molar-refractivity contribution is 7.98. The normalized spacial score (nSPS) is 11.0. The van der Waals surface area contributed by atoms with Gasteiger partial charge in [-0.3, -0.25) is 0 Å². The lowest BCUT2D eigenvalue weighted by molar-refractivity contribution is -0.131. The Balaban J connectivity index is 2.16. The Hall–Kier alpha value is -2.08. The predicted octanol–water partition coefficient (Wildman–Crippen LogP) is 2.94. The van der Waals surface area contributed by atoms with Crippen LogP contribution in [0.4, 0.5) is 4.39 Å². The average molecular weight is 278 g/mol. The van der Waals surface area contributed by atoms with Gasteiger partial charge >= 0.3 is 5.97 Å². The molecule has 2 aromatic rings. The van der Waals surface area contributed by atoms with E-state index in [4.69, 9.17) is 5.11 Å². The predicted molar refractivity (Wildman–Crippen MR) is 71.2 cm³/mol. The van der Waals surface area contributed by atoms with Crippen molar-refractivity contribution < 1.29 is 14.3 Å². The van der Waals surface area contributed by atoms with Gasteiger partial charge in [0.05, 0.1) is 0 Å². The highest BCUT2D eigenvalue weighted by atomic mass is 32.2. The van der Waals surface area contributed by atoms with E-state index >= 15 is 0 Å². The summed E-state index contributed by atoms with van der Waals surface area (Å²) >= 11 is 1.46. The minimum atomic E-state index is -1.06. The first kappa shape index (κ1) is 13.4. The molecule has 0 amide bonds. The lowest BCUT2D eigenvalue weighted by Crippen LogP contribution is -1.91. The summed E-state index contributed by atoms with van der Waals surface area (Å²) in [5, 5.41) is 9.38. The SMILES string of the molecule is O=C(O)/C=C/c1cc(F)ccc1CSc1ncc[nH]1. The molecule has 0 saturated heterocycles. The Kier molecular flexibility index (Phi) is 4.35. The molecule has 1 heterocycles. The van der Waals surface area contributed by atoms with Crippen LogP contribution in [0.3, 0.4) is 0 Å². The third-order valence-corrected chi connectivity index (χ3v) is 3.30. The smallest absolute Gasteiger partial charge is 0.328 e. The first-order valence-corrected chi connectivity index (χ1v) is 6.45. The van der Waals surface area contributed by atoms with Crippen molar-refractivity contribution in [2.75, 3.05) is 0 Å². The monoisotopic (exact) mass is 278 g/mol. The van der Waals surface area contributed by atoms with E-state index in [1.165, 1.54) is 30.0 Å². The third kappa shape index (κ3) is 3.96. The minimum absolute atomic E-state index is 0.392. The fourth-order valence-electron chi connectivity index (χ4n) is 1.49. The zero-order chi connectivity index (χ0) is 13.7. The fraction of sp³-hybridized carbons (Fsp3) is 0.0769. The number of carbonyl (C=O) groups is 1. The van der Waals surface area contributed by atoms with Crippen LogP contribution in [-0.2, 0) is 10.5 Å². The van der Waals surface area contributed by atoms with Crippen LogP contribution in [0.5, 0.6) is 0 Å². The minimum Gasteiger partial charge on any atom is -0.478 e. The van der Waals surface area contributed by atoms with Gasteiger partial charge in [0.15, 0.2) is 5.16 Å². The molecule has 0 bridgehead atoms. The van der Waals surface area contributed by atoms with Crippen LogP contribution in [0.2, 0.25) is 0 Å². The van der Waals surface area contributed by atoms with E-state index in [9.17, 15) is 9.18 Å². The second-order valence-electron chi connectivity index (χ2n) is 3.70. The molecule has 2 rings (SSSR count). The van der Waals surface area contributed by atoms with Gasteiger partial charge in [-0.15, -0.1) is 0 Å². The van der Waals surface area contributed by atoms with Crippen LogP contribution in [-0.4, -0.2) is 21.0 Å². The maximum Gasteiger partial charge on any atom is 0.328 e. The van der Waals surface area contributed by atoms with Crippen molar-refractivity contribution in [3.8, 4) is 0 Å². The second kappa shape index (κ2) is 6.19. The molecule has 0 aliphatic carbocycles. The fourth-order valence-corrected chi connectivity index (χ4v) is 2.33. The molecular formula is C13H11FN2O2S. The summed E-state index contributed by atoms with van der Waals surface area (Å²) in [6.45, 7) is 0. The van der Waals surface area contributed by atoms with Crippen LogP contribution in [0.15, 0.2) is 41.8 Å². The molecule has 0 fully saturated rings. The van der Waals surface area contributed by atoms with Crippen molar-refractivity contribution in [2.45, 2.75) is 10.9 Å². The lowest BCUT2D eigenvalue weighted by Gasteiger charge is -2.05. The first-order valence-electron chi connectivity index (χ1n) is 5.47. The van der Waals surface area contributed by atoms with Gasteiger partial charge in [0.1, 0.15) is 5.82 Å². The third-order valence-electron chi connectivity index (χ3n) is 2.35. The van der Waals surface area contributed by atoms with Crippen LogP contribution < -0.4 is 0 Å². The van der Waals surface area contributed by atoms with Gasteiger partial charge in [0.2, 0.25) is 0 Å². The molecule has 0 aliphatic heterocycles. The summed E-state index contributed by atoms with van der Waals surface area (Å²) in [4.78, 5) is 17.5. The number of benzene rings is 1. The number of aliphatic carboxylic acids is 1. The van der Waals surface area contributed by atoms with Crippen LogP contribution in [0.1, 0.15) is 11.1 Å². The Bertz CT molecular complexity index is 597. The summed E-state index contributed by atoms with van der Waals surface area (Å²) < 4.78 is 13.2. The number of hydrogen-bond acceptors (Lipinski definition) is 3. The van der Waals surface area contributed by atoms with Crippen molar-refractivity contribution in [1.82, 2.24) is 9.97 Å². The quantitative estimate of drug-likeness (QED) is 0.652. The number of thioether (sulfide) groups is 1. The number of aromatic nitrogens is 2. The Morgan fingerprint density at radius 2 is 2.37 bits per heavy atom. The van der Waals surface area contributed by atoms with Crippen molar-refractivity contribution in [1.29, 1.82) is 0 Å². The van der Waals surface area contributed by atoms with E-state index < -0.39 is 11.8 Å². The summed E-state index contributed by atoms with van der Waals surface area (Å²) in [5.74, 6) is -0.877. The number of imidazole rings is 1.